The van der Waals surface area contributed by atoms with Crippen molar-refractivity contribution < 1.29 is 14.6 Å². The maximum atomic E-state index is 11.2. The van der Waals surface area contributed by atoms with E-state index >= 15 is 0 Å². The molecule has 0 radical (unpaired) electrons. The summed E-state index contributed by atoms with van der Waals surface area (Å²) < 4.78 is 5.64. The highest BCUT2D eigenvalue weighted by atomic mass is 32.2. The summed E-state index contributed by atoms with van der Waals surface area (Å²) in [6.07, 6.45) is 2.00. The first kappa shape index (κ1) is 13.5. The molecule has 0 fully saturated rings. The highest BCUT2D eigenvalue weighted by Crippen LogP contribution is 2.27. The molecule has 0 unspecified atom stereocenters. The van der Waals surface area contributed by atoms with Crippen molar-refractivity contribution >= 4 is 17.7 Å². The molecule has 0 aliphatic heterocycles. The fourth-order valence-electron chi connectivity index (χ4n) is 1.67. The molecule has 0 atom stereocenters. The van der Waals surface area contributed by atoms with Crippen molar-refractivity contribution in [3.63, 3.8) is 0 Å². The second-order valence-corrected chi connectivity index (χ2v) is 4.96. The van der Waals surface area contributed by atoms with Gasteiger partial charge in [-0.25, -0.2) is 4.79 Å². The molecular formula is C15H14O3S. The Morgan fingerprint density at radius 2 is 1.84 bits per heavy atom. The van der Waals surface area contributed by atoms with E-state index in [4.69, 9.17) is 9.84 Å². The molecule has 0 saturated heterocycles. The van der Waals surface area contributed by atoms with Crippen LogP contribution < -0.4 is 4.74 Å². The maximum absolute atomic E-state index is 11.2. The molecule has 0 heterocycles. The first-order valence-corrected chi connectivity index (χ1v) is 6.98. The third kappa shape index (κ3) is 3.29. The van der Waals surface area contributed by atoms with E-state index in [0.717, 1.165) is 10.5 Å². The number of carbonyl (C=O) groups is 1. The van der Waals surface area contributed by atoms with Crippen LogP contribution in [0, 0.1) is 6.92 Å². The van der Waals surface area contributed by atoms with Crippen molar-refractivity contribution in [2.45, 2.75) is 11.8 Å². The van der Waals surface area contributed by atoms with Gasteiger partial charge >= 0.3 is 5.97 Å². The third-order valence-electron chi connectivity index (χ3n) is 2.65. The van der Waals surface area contributed by atoms with Gasteiger partial charge in [0.25, 0.3) is 0 Å². The Labute approximate surface area is 116 Å². The number of aromatic carboxylic acids is 1. The summed E-state index contributed by atoms with van der Waals surface area (Å²) in [5.74, 6) is -0.00131. The summed E-state index contributed by atoms with van der Waals surface area (Å²) in [4.78, 5) is 12.3. The molecule has 1 N–H and O–H groups in total. The summed E-state index contributed by atoms with van der Waals surface area (Å²) in [7, 11) is 0. The molecule has 0 aliphatic rings. The fourth-order valence-corrected chi connectivity index (χ4v) is 2.08. The van der Waals surface area contributed by atoms with Gasteiger partial charge < -0.3 is 9.84 Å². The number of aryl methyl sites for hydroxylation is 1. The average molecular weight is 274 g/mol. The number of carboxylic acids is 1. The Hall–Kier alpha value is -1.94. The van der Waals surface area contributed by atoms with E-state index in [1.165, 1.54) is 0 Å². The number of rotatable bonds is 4. The first-order valence-electron chi connectivity index (χ1n) is 5.76. The minimum absolute atomic E-state index is 0.175. The van der Waals surface area contributed by atoms with E-state index in [1.54, 1.807) is 23.9 Å². The second kappa shape index (κ2) is 5.80. The van der Waals surface area contributed by atoms with Gasteiger partial charge in [0.1, 0.15) is 17.1 Å². The molecule has 0 saturated carbocycles. The van der Waals surface area contributed by atoms with Crippen LogP contribution in [0.5, 0.6) is 11.5 Å². The predicted octanol–water partition coefficient (Wildman–Crippen LogP) is 4.21. The summed E-state index contributed by atoms with van der Waals surface area (Å²) in [6.45, 7) is 1.85. The molecule has 0 aromatic heterocycles. The Kier molecular flexibility index (Phi) is 4.12. The van der Waals surface area contributed by atoms with Crippen molar-refractivity contribution in [1.82, 2.24) is 0 Å². The molecule has 4 heteroatoms. The van der Waals surface area contributed by atoms with Crippen molar-refractivity contribution in [1.29, 1.82) is 0 Å². The second-order valence-electron chi connectivity index (χ2n) is 4.08. The number of ether oxygens (including phenoxy) is 1. The number of hydrogen-bond donors (Lipinski definition) is 1. The Morgan fingerprint density at radius 3 is 2.42 bits per heavy atom. The molecule has 3 nitrogen and oxygen atoms in total. The van der Waals surface area contributed by atoms with Gasteiger partial charge in [0.15, 0.2) is 0 Å². The quantitative estimate of drug-likeness (QED) is 0.848. The third-order valence-corrected chi connectivity index (χ3v) is 3.40. The van der Waals surface area contributed by atoms with Crippen molar-refractivity contribution in [3.8, 4) is 11.5 Å². The van der Waals surface area contributed by atoms with E-state index in [1.807, 2.05) is 43.5 Å². The number of benzene rings is 2. The smallest absolute Gasteiger partial charge is 0.339 e. The van der Waals surface area contributed by atoms with Gasteiger partial charge in [0, 0.05) is 4.90 Å². The summed E-state index contributed by atoms with van der Waals surface area (Å²) in [5, 5.41) is 9.17. The standard InChI is InChI=1S/C15H14O3S/c1-10-3-8-14(13(9-10)15(16)17)18-11-4-6-12(19-2)7-5-11/h3-9H,1-2H3,(H,16,17). The zero-order valence-corrected chi connectivity index (χ0v) is 11.5. The van der Waals surface area contributed by atoms with Gasteiger partial charge in [-0.2, -0.15) is 0 Å². The monoisotopic (exact) mass is 274 g/mol. The molecular weight excluding hydrogens is 260 g/mol. The maximum Gasteiger partial charge on any atom is 0.339 e. The molecule has 0 aliphatic carbocycles. The van der Waals surface area contributed by atoms with Crippen LogP contribution >= 0.6 is 11.8 Å². The fraction of sp³-hybridized carbons (Fsp3) is 0.133. The van der Waals surface area contributed by atoms with Crippen LogP contribution in [0.25, 0.3) is 0 Å². The Morgan fingerprint density at radius 1 is 1.16 bits per heavy atom. The van der Waals surface area contributed by atoms with Gasteiger partial charge in [-0.1, -0.05) is 11.6 Å². The van der Waals surface area contributed by atoms with Crippen LogP contribution in [0.3, 0.4) is 0 Å². The first-order chi connectivity index (χ1) is 9.10. The van der Waals surface area contributed by atoms with E-state index < -0.39 is 5.97 Å². The van der Waals surface area contributed by atoms with Gasteiger partial charge in [0.2, 0.25) is 0 Å². The van der Waals surface area contributed by atoms with Crippen molar-refractivity contribution in [3.05, 3.63) is 53.6 Å². The number of thioether (sulfide) groups is 1. The van der Waals surface area contributed by atoms with Crippen molar-refractivity contribution in [2.75, 3.05) is 6.26 Å². The predicted molar refractivity (Wildman–Crippen MR) is 76.4 cm³/mol. The minimum Gasteiger partial charge on any atom is -0.478 e. The normalized spacial score (nSPS) is 10.2. The lowest BCUT2D eigenvalue weighted by molar-refractivity contribution is 0.0694. The molecule has 0 spiro atoms. The molecule has 98 valence electrons. The van der Waals surface area contributed by atoms with Gasteiger partial charge in [-0.05, 0) is 49.6 Å². The van der Waals surface area contributed by atoms with Crippen LogP contribution in [0.2, 0.25) is 0 Å². The van der Waals surface area contributed by atoms with Crippen LogP contribution in [0.4, 0.5) is 0 Å². The number of carboxylic acid groups (broad SMARTS) is 1. The van der Waals surface area contributed by atoms with E-state index in [-0.39, 0.29) is 5.56 Å². The molecule has 0 bridgehead atoms. The van der Waals surface area contributed by atoms with E-state index in [0.29, 0.717) is 11.5 Å². The zero-order valence-electron chi connectivity index (χ0n) is 10.7. The highest BCUT2D eigenvalue weighted by Gasteiger charge is 2.12. The molecule has 0 amide bonds. The lowest BCUT2D eigenvalue weighted by atomic mass is 10.1. The van der Waals surface area contributed by atoms with Crippen LogP contribution in [-0.2, 0) is 0 Å². The van der Waals surface area contributed by atoms with Gasteiger partial charge in [-0.15, -0.1) is 11.8 Å². The highest BCUT2D eigenvalue weighted by molar-refractivity contribution is 7.98. The van der Waals surface area contributed by atoms with Crippen molar-refractivity contribution in [2.24, 2.45) is 0 Å². The molecule has 2 aromatic rings. The minimum atomic E-state index is -0.987. The van der Waals surface area contributed by atoms with E-state index in [2.05, 4.69) is 0 Å². The molecule has 2 aromatic carbocycles. The Balaban J connectivity index is 2.29. The SMILES string of the molecule is CSc1ccc(Oc2ccc(C)cc2C(=O)O)cc1. The summed E-state index contributed by atoms with van der Waals surface area (Å²) in [5.41, 5.74) is 1.07. The van der Waals surface area contributed by atoms with Crippen LogP contribution in [-0.4, -0.2) is 17.3 Å². The lowest BCUT2D eigenvalue weighted by Crippen LogP contribution is -2.00. The molecule has 2 rings (SSSR count). The number of hydrogen-bond acceptors (Lipinski definition) is 3. The zero-order chi connectivity index (χ0) is 13.8. The van der Waals surface area contributed by atoms with E-state index in [9.17, 15) is 4.79 Å². The largest absolute Gasteiger partial charge is 0.478 e. The summed E-state index contributed by atoms with van der Waals surface area (Å²) in [6, 6.07) is 12.7. The molecule has 19 heavy (non-hydrogen) atoms. The van der Waals surface area contributed by atoms with Crippen LogP contribution in [0.1, 0.15) is 15.9 Å². The van der Waals surface area contributed by atoms with Crippen LogP contribution in [0.15, 0.2) is 47.4 Å². The Bertz CT molecular complexity index is 591. The average Bonchev–Trinajstić information content (AvgIpc) is 2.41. The lowest BCUT2D eigenvalue weighted by Gasteiger charge is -2.09. The topological polar surface area (TPSA) is 46.5 Å². The van der Waals surface area contributed by atoms with Gasteiger partial charge in [0.05, 0.1) is 0 Å². The summed E-state index contributed by atoms with van der Waals surface area (Å²) >= 11 is 1.64. The van der Waals surface area contributed by atoms with Gasteiger partial charge in [-0.3, -0.25) is 0 Å².